The number of para-hydroxylation sites is 2. The molecular formula is C21H14N4O. The molecule has 5 rings (SSSR count). The van der Waals surface area contributed by atoms with Gasteiger partial charge in [-0.05, 0) is 42.5 Å². The summed E-state index contributed by atoms with van der Waals surface area (Å²) in [6.45, 7) is 0. The third kappa shape index (κ3) is 2.29. The van der Waals surface area contributed by atoms with Gasteiger partial charge in [0.1, 0.15) is 5.52 Å². The van der Waals surface area contributed by atoms with Crippen LogP contribution in [-0.4, -0.2) is 20.5 Å². The number of amides is 1. The van der Waals surface area contributed by atoms with Crippen LogP contribution in [0.15, 0.2) is 78.9 Å². The average molecular weight is 338 g/mol. The Morgan fingerprint density at radius 3 is 2.50 bits per heavy atom. The molecule has 1 N–H and O–H groups in total. The lowest BCUT2D eigenvalue weighted by molar-refractivity contribution is 0.102. The number of nitrogens with zero attached hydrogens (tertiary/aromatic N) is 3. The third-order valence-electron chi connectivity index (χ3n) is 4.46. The van der Waals surface area contributed by atoms with Gasteiger partial charge < -0.3 is 5.32 Å². The number of carbonyl (C=O) groups is 1. The number of rotatable bonds is 2. The fourth-order valence-corrected chi connectivity index (χ4v) is 3.23. The molecule has 0 bridgehead atoms. The predicted octanol–water partition coefficient (Wildman–Crippen LogP) is 4.29. The van der Waals surface area contributed by atoms with Crippen LogP contribution >= 0.6 is 0 Å². The van der Waals surface area contributed by atoms with E-state index >= 15 is 0 Å². The number of hydrogen-bond donors (Lipinski definition) is 1. The highest BCUT2D eigenvalue weighted by Crippen LogP contribution is 2.23. The Balaban J connectivity index is 1.63. The van der Waals surface area contributed by atoms with Crippen molar-refractivity contribution in [3.8, 4) is 0 Å². The van der Waals surface area contributed by atoms with E-state index in [0.717, 1.165) is 27.8 Å². The average Bonchev–Trinajstić information content (AvgIpc) is 3.07. The van der Waals surface area contributed by atoms with E-state index in [1.807, 2.05) is 60.7 Å². The molecule has 0 radical (unpaired) electrons. The second-order valence-corrected chi connectivity index (χ2v) is 6.12. The number of benzene rings is 3. The van der Waals surface area contributed by atoms with Gasteiger partial charge >= 0.3 is 0 Å². The zero-order chi connectivity index (χ0) is 17.5. The van der Waals surface area contributed by atoms with Crippen molar-refractivity contribution in [1.29, 1.82) is 0 Å². The summed E-state index contributed by atoms with van der Waals surface area (Å²) in [6, 6.07) is 25.0. The molecule has 0 aliphatic heterocycles. The van der Waals surface area contributed by atoms with Gasteiger partial charge in [-0.1, -0.05) is 36.4 Å². The fourth-order valence-electron chi connectivity index (χ4n) is 3.23. The molecule has 0 aliphatic rings. The van der Waals surface area contributed by atoms with E-state index in [4.69, 9.17) is 0 Å². The summed E-state index contributed by atoms with van der Waals surface area (Å²) in [4.78, 5) is 12.5. The molecule has 5 heteroatoms. The van der Waals surface area contributed by atoms with Crippen LogP contribution in [0.25, 0.3) is 27.6 Å². The molecule has 0 aliphatic carbocycles. The van der Waals surface area contributed by atoms with E-state index in [1.165, 1.54) is 0 Å². The van der Waals surface area contributed by atoms with Crippen LogP contribution in [0.5, 0.6) is 0 Å². The summed E-state index contributed by atoms with van der Waals surface area (Å²) in [6.07, 6.45) is 0. The first kappa shape index (κ1) is 14.6. The van der Waals surface area contributed by atoms with Crippen LogP contribution in [0.3, 0.4) is 0 Å². The summed E-state index contributed by atoms with van der Waals surface area (Å²) in [5, 5.41) is 12.6. The van der Waals surface area contributed by atoms with E-state index < -0.39 is 0 Å². The normalized spacial score (nSPS) is 11.2. The van der Waals surface area contributed by atoms with Gasteiger partial charge in [-0.2, -0.15) is 0 Å². The van der Waals surface area contributed by atoms with Gasteiger partial charge in [0.2, 0.25) is 0 Å². The largest absolute Gasteiger partial charge is 0.322 e. The van der Waals surface area contributed by atoms with Crippen molar-refractivity contribution < 1.29 is 4.79 Å². The van der Waals surface area contributed by atoms with E-state index in [9.17, 15) is 4.79 Å². The molecule has 0 unspecified atom stereocenters. The standard InChI is InChI=1S/C21H14N4O/c26-21(22-16-7-2-1-3-8-16)15-10-11-19-17(12-15)23-24-20-13-14-6-4-5-9-18(14)25(19)20/h1-13H,(H,22,26). The minimum Gasteiger partial charge on any atom is -0.322 e. The van der Waals surface area contributed by atoms with E-state index in [2.05, 4.69) is 32.0 Å². The maximum atomic E-state index is 12.5. The quantitative estimate of drug-likeness (QED) is 0.522. The zero-order valence-corrected chi connectivity index (χ0v) is 13.8. The maximum Gasteiger partial charge on any atom is 0.255 e. The smallest absolute Gasteiger partial charge is 0.255 e. The summed E-state index contributed by atoms with van der Waals surface area (Å²) in [7, 11) is 0. The highest BCUT2D eigenvalue weighted by Gasteiger charge is 2.11. The van der Waals surface area contributed by atoms with Gasteiger partial charge in [0, 0.05) is 16.6 Å². The van der Waals surface area contributed by atoms with Crippen LogP contribution in [-0.2, 0) is 0 Å². The minimum atomic E-state index is -0.169. The van der Waals surface area contributed by atoms with Crippen molar-refractivity contribution in [3.05, 3.63) is 84.4 Å². The minimum absolute atomic E-state index is 0.169. The highest BCUT2D eigenvalue weighted by atomic mass is 16.1. The lowest BCUT2D eigenvalue weighted by Gasteiger charge is -2.07. The first-order valence-electron chi connectivity index (χ1n) is 8.33. The Labute approximate surface area is 148 Å². The molecule has 3 aromatic carbocycles. The van der Waals surface area contributed by atoms with Gasteiger partial charge in [0.05, 0.1) is 11.0 Å². The fraction of sp³-hybridized carbons (Fsp3) is 0. The van der Waals surface area contributed by atoms with Gasteiger partial charge in [-0.3, -0.25) is 9.20 Å². The zero-order valence-electron chi connectivity index (χ0n) is 13.8. The summed E-state index contributed by atoms with van der Waals surface area (Å²) in [5.74, 6) is -0.169. The number of fused-ring (bicyclic) bond motifs is 5. The Morgan fingerprint density at radius 1 is 0.808 bits per heavy atom. The molecule has 1 amide bonds. The highest BCUT2D eigenvalue weighted by molar-refractivity contribution is 6.06. The van der Waals surface area contributed by atoms with Gasteiger partial charge in [-0.15, -0.1) is 10.2 Å². The monoisotopic (exact) mass is 338 g/mol. The van der Waals surface area contributed by atoms with Crippen molar-refractivity contribution in [2.45, 2.75) is 0 Å². The SMILES string of the molecule is O=C(Nc1ccccc1)c1ccc2c(c1)nnc1cc3ccccc3n12. The Morgan fingerprint density at radius 2 is 1.62 bits per heavy atom. The molecule has 124 valence electrons. The van der Waals surface area contributed by atoms with E-state index in [-0.39, 0.29) is 5.91 Å². The molecule has 0 atom stereocenters. The molecule has 5 nitrogen and oxygen atoms in total. The van der Waals surface area contributed by atoms with Gasteiger partial charge in [0.15, 0.2) is 5.65 Å². The van der Waals surface area contributed by atoms with Gasteiger partial charge in [0.25, 0.3) is 5.91 Å². The molecule has 26 heavy (non-hydrogen) atoms. The number of carbonyl (C=O) groups excluding carboxylic acids is 1. The van der Waals surface area contributed by atoms with E-state index in [0.29, 0.717) is 11.1 Å². The van der Waals surface area contributed by atoms with Crippen LogP contribution in [0.2, 0.25) is 0 Å². The molecular weight excluding hydrogens is 324 g/mol. The molecule has 2 aromatic heterocycles. The molecule has 0 spiro atoms. The Bertz CT molecular complexity index is 1270. The van der Waals surface area contributed by atoms with Crippen molar-refractivity contribution in [2.75, 3.05) is 5.32 Å². The van der Waals surface area contributed by atoms with Crippen molar-refractivity contribution in [2.24, 2.45) is 0 Å². The number of anilines is 1. The number of nitrogens with one attached hydrogen (secondary N) is 1. The van der Waals surface area contributed by atoms with Crippen LogP contribution < -0.4 is 5.32 Å². The summed E-state index contributed by atoms with van der Waals surface area (Å²) < 4.78 is 2.07. The third-order valence-corrected chi connectivity index (χ3v) is 4.46. The second kappa shape index (κ2) is 5.67. The van der Waals surface area contributed by atoms with Crippen LogP contribution in [0.1, 0.15) is 10.4 Å². The van der Waals surface area contributed by atoms with Crippen molar-refractivity contribution in [3.63, 3.8) is 0 Å². The van der Waals surface area contributed by atoms with Crippen LogP contribution in [0.4, 0.5) is 5.69 Å². The molecule has 2 heterocycles. The molecule has 0 saturated carbocycles. The topological polar surface area (TPSA) is 59.3 Å². The molecule has 0 saturated heterocycles. The summed E-state index contributed by atoms with van der Waals surface area (Å²) in [5.41, 5.74) is 4.78. The first-order chi connectivity index (χ1) is 12.8. The number of hydrogen-bond acceptors (Lipinski definition) is 3. The summed E-state index contributed by atoms with van der Waals surface area (Å²) >= 11 is 0. The Kier molecular flexibility index (Phi) is 3.18. The molecule has 0 fully saturated rings. The van der Waals surface area contributed by atoms with Crippen molar-refractivity contribution >= 4 is 39.2 Å². The molecule has 5 aromatic rings. The predicted molar refractivity (Wildman–Crippen MR) is 102 cm³/mol. The lowest BCUT2D eigenvalue weighted by Crippen LogP contribution is -2.12. The van der Waals surface area contributed by atoms with Crippen molar-refractivity contribution in [1.82, 2.24) is 14.6 Å². The number of aromatic nitrogens is 3. The van der Waals surface area contributed by atoms with Gasteiger partial charge in [-0.25, -0.2) is 0 Å². The van der Waals surface area contributed by atoms with E-state index in [1.54, 1.807) is 6.07 Å². The first-order valence-corrected chi connectivity index (χ1v) is 8.33. The second-order valence-electron chi connectivity index (χ2n) is 6.12. The van der Waals surface area contributed by atoms with Crippen LogP contribution in [0, 0.1) is 0 Å². The Hall–Kier alpha value is -3.73. The lowest BCUT2D eigenvalue weighted by atomic mass is 10.1. The maximum absolute atomic E-state index is 12.5.